The van der Waals surface area contributed by atoms with E-state index in [1.165, 1.54) is 5.56 Å². The van der Waals surface area contributed by atoms with E-state index in [1.54, 1.807) is 0 Å². The molecule has 0 atom stereocenters. The smallest absolute Gasteiger partial charge is 0.309 e. The minimum absolute atomic E-state index is 0.186. The van der Waals surface area contributed by atoms with Crippen LogP contribution in [0.15, 0.2) is 72.9 Å². The SMILES string of the molecule is Cc1cc2ncc3cc(-c4ccccc4)c(-c4ccc(CN5CCC(C(=O)OCC(N)=O)CC5)cc4)nc3n2n1. The fraction of sp³-hybridized carbons (Fsp3) is 0.258. The number of piperidine rings is 1. The molecule has 1 aliphatic heterocycles. The summed E-state index contributed by atoms with van der Waals surface area (Å²) in [5.74, 6) is -1.15. The number of aromatic nitrogens is 4. The molecule has 0 aliphatic carbocycles. The van der Waals surface area contributed by atoms with E-state index < -0.39 is 5.91 Å². The number of nitrogens with two attached hydrogens (primary N) is 1. The second-order valence-electron chi connectivity index (χ2n) is 10.3. The Morgan fingerprint density at radius 1 is 1.00 bits per heavy atom. The van der Waals surface area contributed by atoms with Crippen molar-refractivity contribution < 1.29 is 14.3 Å². The first kappa shape index (κ1) is 25.6. The third kappa shape index (κ3) is 5.28. The normalized spacial score (nSPS) is 14.5. The number of benzene rings is 2. The van der Waals surface area contributed by atoms with Crippen LogP contribution in [0.4, 0.5) is 0 Å². The monoisotopic (exact) mass is 534 g/mol. The maximum Gasteiger partial charge on any atom is 0.309 e. The first-order valence-electron chi connectivity index (χ1n) is 13.4. The van der Waals surface area contributed by atoms with Crippen LogP contribution in [0.5, 0.6) is 0 Å². The van der Waals surface area contributed by atoms with Gasteiger partial charge in [-0.05, 0) is 50.0 Å². The predicted molar refractivity (Wildman–Crippen MR) is 152 cm³/mol. The second kappa shape index (κ2) is 10.9. The molecule has 1 fully saturated rings. The van der Waals surface area contributed by atoms with Crippen LogP contribution < -0.4 is 5.73 Å². The Hall–Kier alpha value is -4.63. The molecule has 1 aliphatic rings. The molecular weight excluding hydrogens is 504 g/mol. The first-order chi connectivity index (χ1) is 19.4. The fourth-order valence-electron chi connectivity index (χ4n) is 5.32. The lowest BCUT2D eigenvalue weighted by Gasteiger charge is -2.30. The predicted octanol–water partition coefficient (Wildman–Crippen LogP) is 4.16. The highest BCUT2D eigenvalue weighted by molar-refractivity contribution is 5.90. The van der Waals surface area contributed by atoms with E-state index >= 15 is 0 Å². The van der Waals surface area contributed by atoms with Crippen LogP contribution in [0.1, 0.15) is 24.1 Å². The van der Waals surface area contributed by atoms with E-state index in [-0.39, 0.29) is 18.5 Å². The van der Waals surface area contributed by atoms with Gasteiger partial charge in [-0.1, -0.05) is 54.6 Å². The molecule has 0 bridgehead atoms. The first-order valence-corrected chi connectivity index (χ1v) is 13.4. The molecule has 2 N–H and O–H groups in total. The van der Waals surface area contributed by atoms with Crippen molar-refractivity contribution in [2.75, 3.05) is 19.7 Å². The van der Waals surface area contributed by atoms with Crippen LogP contribution in [-0.2, 0) is 20.9 Å². The largest absolute Gasteiger partial charge is 0.455 e. The standard InChI is InChI=1S/C31H30N6O3/c1-20-15-28-33-17-25-16-26(22-5-3-2-4-6-22)29(34-30(25)37(28)35-20)23-9-7-21(8-10-23)18-36-13-11-24(12-14-36)31(39)40-19-27(32)38/h2-10,15-17,24H,11-14,18-19H2,1H3,(H2,32,38). The maximum atomic E-state index is 12.2. The molecule has 2 aromatic carbocycles. The summed E-state index contributed by atoms with van der Waals surface area (Å²) in [7, 11) is 0. The average molecular weight is 535 g/mol. The van der Waals surface area contributed by atoms with Crippen molar-refractivity contribution in [3.63, 3.8) is 0 Å². The van der Waals surface area contributed by atoms with Crippen molar-refractivity contribution in [1.82, 2.24) is 24.5 Å². The molecular formula is C31H30N6O3. The van der Waals surface area contributed by atoms with E-state index in [9.17, 15) is 9.59 Å². The topological polar surface area (TPSA) is 116 Å². The Labute approximate surface area is 231 Å². The number of ether oxygens (including phenoxy) is 1. The van der Waals surface area contributed by atoms with Gasteiger partial charge in [0.2, 0.25) is 0 Å². The number of pyridine rings is 1. The average Bonchev–Trinajstić information content (AvgIpc) is 3.37. The minimum Gasteiger partial charge on any atom is -0.455 e. The summed E-state index contributed by atoms with van der Waals surface area (Å²) in [6.07, 6.45) is 3.26. The molecule has 3 aromatic heterocycles. The zero-order valence-electron chi connectivity index (χ0n) is 22.3. The van der Waals surface area contributed by atoms with Gasteiger partial charge in [0.15, 0.2) is 17.9 Å². The van der Waals surface area contributed by atoms with Gasteiger partial charge in [-0.25, -0.2) is 9.97 Å². The maximum absolute atomic E-state index is 12.2. The highest BCUT2D eigenvalue weighted by Gasteiger charge is 2.26. The molecule has 9 nitrogen and oxygen atoms in total. The van der Waals surface area contributed by atoms with Gasteiger partial charge in [0.1, 0.15) is 0 Å². The molecule has 1 saturated heterocycles. The number of aryl methyl sites for hydroxylation is 1. The molecule has 202 valence electrons. The quantitative estimate of drug-likeness (QED) is 0.312. The number of carbonyl (C=O) groups excluding carboxylic acids is 2. The third-order valence-electron chi connectivity index (χ3n) is 7.38. The molecule has 0 radical (unpaired) electrons. The van der Waals surface area contributed by atoms with Gasteiger partial charge in [-0.2, -0.15) is 9.61 Å². The molecule has 1 amide bonds. The van der Waals surface area contributed by atoms with Crippen LogP contribution in [0.25, 0.3) is 39.1 Å². The lowest BCUT2D eigenvalue weighted by Crippen LogP contribution is -2.37. The van der Waals surface area contributed by atoms with Gasteiger partial charge in [0.05, 0.1) is 17.3 Å². The van der Waals surface area contributed by atoms with Crippen LogP contribution in [-0.4, -0.2) is 56.1 Å². The van der Waals surface area contributed by atoms with Crippen molar-refractivity contribution in [3.8, 4) is 22.4 Å². The summed E-state index contributed by atoms with van der Waals surface area (Å²) >= 11 is 0. The van der Waals surface area contributed by atoms with Gasteiger partial charge in [0.25, 0.3) is 5.91 Å². The summed E-state index contributed by atoms with van der Waals surface area (Å²) in [5, 5.41) is 5.56. The van der Waals surface area contributed by atoms with Crippen LogP contribution in [0.2, 0.25) is 0 Å². The zero-order valence-corrected chi connectivity index (χ0v) is 22.3. The highest BCUT2D eigenvalue weighted by Crippen LogP contribution is 2.34. The minimum atomic E-state index is -0.634. The van der Waals surface area contributed by atoms with Gasteiger partial charge in [-0.15, -0.1) is 0 Å². The van der Waals surface area contributed by atoms with E-state index in [0.29, 0.717) is 12.8 Å². The molecule has 40 heavy (non-hydrogen) atoms. The number of esters is 1. The van der Waals surface area contributed by atoms with Crippen molar-refractivity contribution in [2.24, 2.45) is 11.7 Å². The second-order valence-corrected chi connectivity index (χ2v) is 10.3. The number of fused-ring (bicyclic) bond motifs is 3. The third-order valence-corrected chi connectivity index (χ3v) is 7.38. The summed E-state index contributed by atoms with van der Waals surface area (Å²) < 4.78 is 6.81. The number of nitrogens with zero attached hydrogens (tertiary/aromatic N) is 5. The number of carbonyl (C=O) groups is 2. The van der Waals surface area contributed by atoms with E-state index in [0.717, 1.165) is 64.4 Å². The summed E-state index contributed by atoms with van der Waals surface area (Å²) in [6, 6.07) is 22.9. The molecule has 6 rings (SSSR count). The van der Waals surface area contributed by atoms with Gasteiger partial charge < -0.3 is 10.5 Å². The van der Waals surface area contributed by atoms with Crippen molar-refractivity contribution >= 4 is 28.6 Å². The molecule has 9 heteroatoms. The molecule has 0 saturated carbocycles. The van der Waals surface area contributed by atoms with Crippen LogP contribution >= 0.6 is 0 Å². The molecule has 0 unspecified atom stereocenters. The molecule has 5 aromatic rings. The molecule has 4 heterocycles. The van der Waals surface area contributed by atoms with Crippen LogP contribution in [0, 0.1) is 12.8 Å². The number of rotatable bonds is 7. The number of likely N-dealkylation sites (tertiary alicyclic amines) is 1. The zero-order chi connectivity index (χ0) is 27.6. The Bertz CT molecular complexity index is 1690. The number of primary amides is 1. The Morgan fingerprint density at radius 2 is 1.75 bits per heavy atom. The fourth-order valence-corrected chi connectivity index (χ4v) is 5.32. The van der Waals surface area contributed by atoms with Crippen LogP contribution in [0.3, 0.4) is 0 Å². The number of hydrogen-bond acceptors (Lipinski definition) is 7. The Kier molecular flexibility index (Phi) is 6.96. The Morgan fingerprint density at radius 3 is 2.48 bits per heavy atom. The summed E-state index contributed by atoms with van der Waals surface area (Å²) in [6.45, 7) is 3.97. The number of amides is 1. The summed E-state index contributed by atoms with van der Waals surface area (Å²) in [5.41, 5.74) is 12.7. The highest BCUT2D eigenvalue weighted by atomic mass is 16.5. The lowest BCUT2D eigenvalue weighted by molar-refractivity contribution is -0.153. The van der Waals surface area contributed by atoms with Crippen molar-refractivity contribution in [1.29, 1.82) is 0 Å². The summed E-state index contributed by atoms with van der Waals surface area (Å²) in [4.78, 5) is 35.1. The molecule has 0 spiro atoms. The van der Waals surface area contributed by atoms with Gasteiger partial charge >= 0.3 is 5.97 Å². The van der Waals surface area contributed by atoms with Crippen molar-refractivity contribution in [2.45, 2.75) is 26.3 Å². The van der Waals surface area contributed by atoms with Crippen molar-refractivity contribution in [3.05, 3.63) is 84.2 Å². The van der Waals surface area contributed by atoms with Gasteiger partial charge in [-0.3, -0.25) is 14.5 Å². The van der Waals surface area contributed by atoms with E-state index in [4.69, 9.17) is 15.5 Å². The Balaban J connectivity index is 1.24. The number of hydrogen-bond donors (Lipinski definition) is 1. The van der Waals surface area contributed by atoms with E-state index in [1.807, 2.05) is 41.9 Å². The van der Waals surface area contributed by atoms with E-state index in [2.05, 4.69) is 57.4 Å². The lowest BCUT2D eigenvalue weighted by atomic mass is 9.96. The van der Waals surface area contributed by atoms with Gasteiger partial charge in [0, 0.05) is 35.3 Å².